The summed E-state index contributed by atoms with van der Waals surface area (Å²) in [6.07, 6.45) is 3.47. The number of aromatic nitrogens is 4. The number of pyridine rings is 1. The SMILES string of the molecule is Cc1ccccc1-n1c(SC(C)C(=O)NCc2ccccc2)nnc1-c1ccncc1. The van der Waals surface area contributed by atoms with E-state index >= 15 is 0 Å². The van der Waals surface area contributed by atoms with Gasteiger partial charge in [0.05, 0.1) is 10.9 Å². The molecule has 4 aromatic rings. The highest BCUT2D eigenvalue weighted by Gasteiger charge is 2.22. The molecule has 1 atom stereocenters. The second kappa shape index (κ2) is 9.57. The average Bonchev–Trinajstić information content (AvgIpc) is 3.22. The van der Waals surface area contributed by atoms with Gasteiger partial charge in [0.1, 0.15) is 0 Å². The molecule has 0 spiro atoms. The van der Waals surface area contributed by atoms with E-state index in [1.54, 1.807) is 12.4 Å². The van der Waals surface area contributed by atoms with Crippen LogP contribution in [0.1, 0.15) is 18.1 Å². The number of nitrogens with zero attached hydrogens (tertiary/aromatic N) is 4. The standard InChI is InChI=1S/C24H23N5OS/c1-17-8-6-7-11-21(17)29-22(20-12-14-25-15-13-20)27-28-24(29)31-18(2)23(30)26-16-19-9-4-3-5-10-19/h3-15,18H,16H2,1-2H3,(H,26,30). The van der Waals surface area contributed by atoms with Crippen molar-refractivity contribution in [1.82, 2.24) is 25.1 Å². The van der Waals surface area contributed by atoms with Gasteiger partial charge in [-0.25, -0.2) is 0 Å². The summed E-state index contributed by atoms with van der Waals surface area (Å²) < 4.78 is 2.01. The van der Waals surface area contributed by atoms with Gasteiger partial charge in [-0.15, -0.1) is 10.2 Å². The summed E-state index contributed by atoms with van der Waals surface area (Å²) in [5.41, 5.74) is 4.06. The molecular weight excluding hydrogens is 406 g/mol. The van der Waals surface area contributed by atoms with Gasteiger partial charge in [0.15, 0.2) is 11.0 Å². The predicted molar refractivity (Wildman–Crippen MR) is 123 cm³/mol. The summed E-state index contributed by atoms with van der Waals surface area (Å²) in [6, 6.07) is 21.8. The first kappa shape index (κ1) is 20.8. The molecule has 1 amide bonds. The van der Waals surface area contributed by atoms with Gasteiger partial charge in [-0.05, 0) is 43.2 Å². The zero-order valence-corrected chi connectivity index (χ0v) is 18.2. The Morgan fingerprint density at radius 3 is 2.45 bits per heavy atom. The Labute approximate surface area is 185 Å². The van der Waals surface area contributed by atoms with E-state index in [1.807, 2.05) is 72.2 Å². The number of hydrogen-bond acceptors (Lipinski definition) is 5. The van der Waals surface area contributed by atoms with Crippen molar-refractivity contribution >= 4 is 17.7 Å². The summed E-state index contributed by atoms with van der Waals surface area (Å²) in [7, 11) is 0. The van der Waals surface area contributed by atoms with Crippen LogP contribution in [-0.2, 0) is 11.3 Å². The van der Waals surface area contributed by atoms with E-state index < -0.39 is 0 Å². The highest BCUT2D eigenvalue weighted by Crippen LogP contribution is 2.31. The Kier molecular flexibility index (Phi) is 6.43. The number of aryl methyl sites for hydroxylation is 1. The van der Waals surface area contributed by atoms with Gasteiger partial charge >= 0.3 is 0 Å². The molecule has 0 saturated heterocycles. The topological polar surface area (TPSA) is 72.7 Å². The maximum Gasteiger partial charge on any atom is 0.233 e. The Morgan fingerprint density at radius 1 is 1.00 bits per heavy atom. The molecule has 6 nitrogen and oxygen atoms in total. The maximum atomic E-state index is 12.7. The summed E-state index contributed by atoms with van der Waals surface area (Å²) in [5, 5.41) is 12.2. The number of carbonyl (C=O) groups is 1. The van der Waals surface area contributed by atoms with E-state index in [1.165, 1.54) is 11.8 Å². The molecule has 0 aliphatic rings. The van der Waals surface area contributed by atoms with Crippen molar-refractivity contribution in [2.24, 2.45) is 0 Å². The van der Waals surface area contributed by atoms with Crippen LogP contribution in [0.25, 0.3) is 17.1 Å². The van der Waals surface area contributed by atoms with Crippen LogP contribution in [0.5, 0.6) is 0 Å². The minimum absolute atomic E-state index is 0.0429. The third-order valence-corrected chi connectivity index (χ3v) is 5.93. The van der Waals surface area contributed by atoms with Crippen molar-refractivity contribution in [3.05, 3.63) is 90.3 Å². The number of amides is 1. The van der Waals surface area contributed by atoms with Crippen molar-refractivity contribution in [3.8, 4) is 17.1 Å². The van der Waals surface area contributed by atoms with Gasteiger partial charge in [-0.1, -0.05) is 60.3 Å². The van der Waals surface area contributed by atoms with Crippen molar-refractivity contribution in [2.45, 2.75) is 30.8 Å². The monoisotopic (exact) mass is 429 g/mol. The number of benzene rings is 2. The Morgan fingerprint density at radius 2 is 1.71 bits per heavy atom. The third kappa shape index (κ3) is 4.83. The Hall–Kier alpha value is -3.45. The maximum absolute atomic E-state index is 12.7. The first-order valence-electron chi connectivity index (χ1n) is 10.0. The molecule has 7 heteroatoms. The molecule has 0 bridgehead atoms. The molecule has 0 saturated carbocycles. The quantitative estimate of drug-likeness (QED) is 0.440. The molecule has 0 aliphatic heterocycles. The number of para-hydroxylation sites is 1. The zero-order chi connectivity index (χ0) is 21.6. The molecule has 2 aromatic carbocycles. The number of nitrogens with one attached hydrogen (secondary N) is 1. The highest BCUT2D eigenvalue weighted by atomic mass is 32.2. The van der Waals surface area contributed by atoms with E-state index in [0.29, 0.717) is 11.7 Å². The molecule has 156 valence electrons. The van der Waals surface area contributed by atoms with Gasteiger partial charge in [0.2, 0.25) is 5.91 Å². The van der Waals surface area contributed by atoms with Crippen molar-refractivity contribution < 1.29 is 4.79 Å². The van der Waals surface area contributed by atoms with Crippen LogP contribution >= 0.6 is 11.8 Å². The largest absolute Gasteiger partial charge is 0.351 e. The number of thioether (sulfide) groups is 1. The van der Waals surface area contributed by atoms with Crippen LogP contribution in [0, 0.1) is 6.92 Å². The van der Waals surface area contributed by atoms with Crippen LogP contribution < -0.4 is 5.32 Å². The van der Waals surface area contributed by atoms with Gasteiger partial charge in [0.25, 0.3) is 0 Å². The zero-order valence-electron chi connectivity index (χ0n) is 17.4. The van der Waals surface area contributed by atoms with Gasteiger partial charge in [-0.2, -0.15) is 0 Å². The van der Waals surface area contributed by atoms with E-state index in [2.05, 4.69) is 33.5 Å². The van der Waals surface area contributed by atoms with Crippen molar-refractivity contribution in [2.75, 3.05) is 0 Å². The lowest BCUT2D eigenvalue weighted by atomic mass is 10.2. The van der Waals surface area contributed by atoms with E-state index in [-0.39, 0.29) is 11.2 Å². The molecule has 0 aliphatic carbocycles. The highest BCUT2D eigenvalue weighted by molar-refractivity contribution is 8.00. The van der Waals surface area contributed by atoms with E-state index in [4.69, 9.17) is 0 Å². The van der Waals surface area contributed by atoms with Crippen LogP contribution in [0.4, 0.5) is 0 Å². The predicted octanol–water partition coefficient (Wildman–Crippen LogP) is 4.43. The first-order valence-corrected chi connectivity index (χ1v) is 10.9. The molecule has 2 aromatic heterocycles. The third-order valence-electron chi connectivity index (χ3n) is 4.89. The lowest BCUT2D eigenvalue weighted by molar-refractivity contribution is -0.120. The molecule has 31 heavy (non-hydrogen) atoms. The normalized spacial score (nSPS) is 11.8. The average molecular weight is 430 g/mol. The van der Waals surface area contributed by atoms with E-state index in [9.17, 15) is 4.79 Å². The summed E-state index contributed by atoms with van der Waals surface area (Å²) >= 11 is 1.39. The molecule has 0 radical (unpaired) electrons. The fourth-order valence-corrected chi connectivity index (χ4v) is 4.09. The van der Waals surface area contributed by atoms with Crippen molar-refractivity contribution in [1.29, 1.82) is 0 Å². The fraction of sp³-hybridized carbons (Fsp3) is 0.167. The molecule has 1 unspecified atom stereocenters. The fourth-order valence-electron chi connectivity index (χ4n) is 3.21. The summed E-state index contributed by atoms with van der Waals surface area (Å²) in [4.78, 5) is 16.8. The first-order chi connectivity index (χ1) is 15.1. The molecule has 2 heterocycles. The minimum atomic E-state index is -0.332. The van der Waals surface area contributed by atoms with Gasteiger partial charge in [-0.3, -0.25) is 14.3 Å². The molecule has 1 N–H and O–H groups in total. The molecule has 0 fully saturated rings. The number of carbonyl (C=O) groups excluding carboxylic acids is 1. The summed E-state index contributed by atoms with van der Waals surface area (Å²) in [6.45, 7) is 4.43. The Bertz CT molecular complexity index is 1160. The second-order valence-corrected chi connectivity index (χ2v) is 8.44. The molecular formula is C24H23N5OS. The van der Waals surface area contributed by atoms with Crippen LogP contribution in [0.2, 0.25) is 0 Å². The van der Waals surface area contributed by atoms with Crippen LogP contribution in [-0.4, -0.2) is 30.9 Å². The van der Waals surface area contributed by atoms with Crippen LogP contribution in [0.15, 0.2) is 84.3 Å². The second-order valence-electron chi connectivity index (χ2n) is 7.13. The lowest BCUT2D eigenvalue weighted by Gasteiger charge is -2.15. The van der Waals surface area contributed by atoms with E-state index in [0.717, 1.165) is 28.2 Å². The van der Waals surface area contributed by atoms with Gasteiger partial charge < -0.3 is 5.32 Å². The van der Waals surface area contributed by atoms with Gasteiger partial charge in [0, 0.05) is 24.5 Å². The number of hydrogen-bond donors (Lipinski definition) is 1. The van der Waals surface area contributed by atoms with Crippen LogP contribution in [0.3, 0.4) is 0 Å². The van der Waals surface area contributed by atoms with Crippen molar-refractivity contribution in [3.63, 3.8) is 0 Å². The lowest BCUT2D eigenvalue weighted by Crippen LogP contribution is -2.30. The minimum Gasteiger partial charge on any atom is -0.351 e. The Balaban J connectivity index is 1.60. The summed E-state index contributed by atoms with van der Waals surface area (Å²) in [5.74, 6) is 0.676. The number of rotatable bonds is 7. The molecule has 4 rings (SSSR count). The smallest absolute Gasteiger partial charge is 0.233 e.